The molecule has 86 valence electrons. The van der Waals surface area contributed by atoms with Crippen LogP contribution in [0.5, 0.6) is 0 Å². The quantitative estimate of drug-likeness (QED) is 0.675. The number of nitrogens with zero attached hydrogens (tertiary/aromatic N) is 1. The summed E-state index contributed by atoms with van der Waals surface area (Å²) >= 11 is 3.30. The maximum absolute atomic E-state index is 11.8. The zero-order valence-corrected chi connectivity index (χ0v) is 10.5. The van der Waals surface area contributed by atoms with Crippen LogP contribution in [0.3, 0.4) is 0 Å². The van der Waals surface area contributed by atoms with Crippen molar-refractivity contribution in [1.29, 1.82) is 0 Å². The van der Waals surface area contributed by atoms with E-state index < -0.39 is 5.79 Å². The lowest BCUT2D eigenvalue weighted by atomic mass is 10.0. The molecule has 1 amide bonds. The minimum Gasteiger partial charge on any atom is -0.346 e. The Balaban J connectivity index is 2.00. The normalized spacial score (nSPS) is 26.9. The van der Waals surface area contributed by atoms with Crippen LogP contribution in [-0.4, -0.2) is 47.7 Å². The number of halogens is 1. The van der Waals surface area contributed by atoms with Gasteiger partial charge in [0.05, 0.1) is 24.6 Å². The van der Waals surface area contributed by atoms with Crippen LogP contribution in [0.15, 0.2) is 0 Å². The van der Waals surface area contributed by atoms with Crippen LogP contribution < -0.4 is 0 Å². The highest BCUT2D eigenvalue weighted by Crippen LogP contribution is 2.30. The predicted molar refractivity (Wildman–Crippen MR) is 58.8 cm³/mol. The van der Waals surface area contributed by atoms with Gasteiger partial charge >= 0.3 is 0 Å². The van der Waals surface area contributed by atoms with Crippen LogP contribution in [0.1, 0.15) is 19.8 Å². The van der Waals surface area contributed by atoms with Crippen molar-refractivity contribution in [2.24, 2.45) is 0 Å². The number of likely N-dealkylation sites (tertiary alicyclic amines) is 1. The van der Waals surface area contributed by atoms with E-state index in [2.05, 4.69) is 15.9 Å². The Hall–Kier alpha value is -0.130. The minimum atomic E-state index is -0.504. The van der Waals surface area contributed by atoms with Crippen LogP contribution >= 0.6 is 15.9 Å². The molecule has 4 nitrogen and oxygen atoms in total. The second kappa shape index (κ2) is 4.39. The maximum Gasteiger partial charge on any atom is 0.236 e. The zero-order chi connectivity index (χ0) is 10.9. The Morgan fingerprint density at radius 1 is 1.47 bits per heavy atom. The molecule has 0 bridgehead atoms. The lowest BCUT2D eigenvalue weighted by molar-refractivity contribution is -0.192. The van der Waals surface area contributed by atoms with Crippen LogP contribution in [0, 0.1) is 0 Å². The summed E-state index contributed by atoms with van der Waals surface area (Å²) in [6.07, 6.45) is 1.85. The second-order valence-electron chi connectivity index (χ2n) is 4.09. The summed E-state index contributed by atoms with van der Waals surface area (Å²) in [6, 6.07) is 0. The molecule has 0 saturated carbocycles. The van der Waals surface area contributed by atoms with Gasteiger partial charge in [-0.05, 0) is 13.3 Å². The third-order valence-electron chi connectivity index (χ3n) is 2.88. The molecule has 0 radical (unpaired) electrons. The summed E-state index contributed by atoms with van der Waals surface area (Å²) in [5.74, 6) is -0.385. The van der Waals surface area contributed by atoms with Gasteiger partial charge in [0.1, 0.15) is 0 Å². The SMILES string of the molecule is CC(Br)C(=O)N1CCCC2(C1)OCCO2. The van der Waals surface area contributed by atoms with Gasteiger partial charge in [-0.25, -0.2) is 0 Å². The third-order valence-corrected chi connectivity index (χ3v) is 3.27. The fourth-order valence-corrected chi connectivity index (χ4v) is 2.45. The average Bonchev–Trinajstić information content (AvgIpc) is 2.65. The number of amides is 1. The number of rotatable bonds is 1. The van der Waals surface area contributed by atoms with Crippen molar-refractivity contribution in [3.63, 3.8) is 0 Å². The van der Waals surface area contributed by atoms with Crippen molar-refractivity contribution in [1.82, 2.24) is 4.90 Å². The molecule has 0 N–H and O–H groups in total. The van der Waals surface area contributed by atoms with E-state index in [0.717, 1.165) is 19.4 Å². The van der Waals surface area contributed by atoms with E-state index in [9.17, 15) is 4.79 Å². The van der Waals surface area contributed by atoms with Gasteiger partial charge in [-0.1, -0.05) is 15.9 Å². The van der Waals surface area contributed by atoms with Gasteiger partial charge in [-0.15, -0.1) is 0 Å². The zero-order valence-electron chi connectivity index (χ0n) is 8.87. The summed E-state index contributed by atoms with van der Waals surface area (Å²) in [7, 11) is 0. The van der Waals surface area contributed by atoms with E-state index in [0.29, 0.717) is 19.8 Å². The Labute approximate surface area is 98.0 Å². The van der Waals surface area contributed by atoms with Crippen LogP contribution in [-0.2, 0) is 14.3 Å². The van der Waals surface area contributed by atoms with Crippen molar-refractivity contribution in [2.45, 2.75) is 30.4 Å². The fraction of sp³-hybridized carbons (Fsp3) is 0.900. The number of carbonyl (C=O) groups excluding carboxylic acids is 1. The number of ether oxygens (including phenoxy) is 2. The summed E-state index contributed by atoms with van der Waals surface area (Å²) in [4.78, 5) is 13.5. The molecule has 1 atom stereocenters. The maximum atomic E-state index is 11.8. The molecule has 15 heavy (non-hydrogen) atoms. The Kier molecular flexibility index (Phi) is 3.33. The molecule has 2 aliphatic rings. The van der Waals surface area contributed by atoms with Crippen molar-refractivity contribution in [2.75, 3.05) is 26.3 Å². The summed E-state index contributed by atoms with van der Waals surface area (Å²) < 4.78 is 11.2. The van der Waals surface area contributed by atoms with Crippen LogP contribution in [0.4, 0.5) is 0 Å². The molecule has 2 heterocycles. The van der Waals surface area contributed by atoms with Gasteiger partial charge < -0.3 is 14.4 Å². The molecule has 2 aliphatic heterocycles. The first-order valence-corrected chi connectivity index (χ1v) is 6.25. The molecule has 0 aromatic rings. The summed E-state index contributed by atoms with van der Waals surface area (Å²) in [6.45, 7) is 4.52. The molecule has 2 saturated heterocycles. The summed E-state index contributed by atoms with van der Waals surface area (Å²) in [5.41, 5.74) is 0. The number of hydrogen-bond donors (Lipinski definition) is 0. The van der Waals surface area contributed by atoms with Gasteiger partial charge in [0, 0.05) is 13.0 Å². The van der Waals surface area contributed by atoms with Crippen LogP contribution in [0.25, 0.3) is 0 Å². The van der Waals surface area contributed by atoms with E-state index in [-0.39, 0.29) is 10.7 Å². The molecule has 2 rings (SSSR count). The lowest BCUT2D eigenvalue weighted by Crippen LogP contribution is -2.52. The van der Waals surface area contributed by atoms with Gasteiger partial charge in [-0.2, -0.15) is 0 Å². The first kappa shape index (κ1) is 11.4. The summed E-state index contributed by atoms with van der Waals surface area (Å²) in [5, 5.41) is 0. The molecule has 1 spiro atoms. The Morgan fingerprint density at radius 3 is 2.73 bits per heavy atom. The minimum absolute atomic E-state index is 0.119. The molecule has 5 heteroatoms. The van der Waals surface area contributed by atoms with Gasteiger partial charge in [0.15, 0.2) is 5.79 Å². The van der Waals surface area contributed by atoms with E-state index in [1.165, 1.54) is 0 Å². The van der Waals surface area contributed by atoms with Crippen molar-refractivity contribution >= 4 is 21.8 Å². The monoisotopic (exact) mass is 277 g/mol. The lowest BCUT2D eigenvalue weighted by Gasteiger charge is -2.39. The van der Waals surface area contributed by atoms with E-state index in [1.807, 2.05) is 11.8 Å². The smallest absolute Gasteiger partial charge is 0.236 e. The molecule has 0 aromatic heterocycles. The van der Waals surface area contributed by atoms with Crippen molar-refractivity contribution in [3.05, 3.63) is 0 Å². The highest BCUT2D eigenvalue weighted by molar-refractivity contribution is 9.10. The molecule has 1 unspecified atom stereocenters. The molecular formula is C10H16BrNO3. The largest absolute Gasteiger partial charge is 0.346 e. The molecular weight excluding hydrogens is 262 g/mol. The first-order valence-electron chi connectivity index (χ1n) is 5.34. The average molecular weight is 278 g/mol. The first-order chi connectivity index (χ1) is 7.13. The van der Waals surface area contributed by atoms with E-state index in [4.69, 9.17) is 9.47 Å². The third kappa shape index (κ3) is 2.34. The van der Waals surface area contributed by atoms with E-state index in [1.54, 1.807) is 0 Å². The number of piperidine rings is 1. The van der Waals surface area contributed by atoms with Gasteiger partial charge in [-0.3, -0.25) is 4.79 Å². The molecule has 0 aliphatic carbocycles. The van der Waals surface area contributed by atoms with Gasteiger partial charge in [0.2, 0.25) is 5.91 Å². The van der Waals surface area contributed by atoms with Crippen molar-refractivity contribution in [3.8, 4) is 0 Å². The highest BCUT2D eigenvalue weighted by Gasteiger charge is 2.42. The Morgan fingerprint density at radius 2 is 2.13 bits per heavy atom. The fourth-order valence-electron chi connectivity index (χ4n) is 2.16. The number of hydrogen-bond acceptors (Lipinski definition) is 3. The topological polar surface area (TPSA) is 38.8 Å². The van der Waals surface area contributed by atoms with Crippen molar-refractivity contribution < 1.29 is 14.3 Å². The molecule has 2 fully saturated rings. The Bertz CT molecular complexity index is 251. The van der Waals surface area contributed by atoms with Gasteiger partial charge in [0.25, 0.3) is 0 Å². The predicted octanol–water partition coefficient (Wildman–Crippen LogP) is 1.14. The molecule has 0 aromatic carbocycles. The number of alkyl halides is 1. The number of carbonyl (C=O) groups is 1. The van der Waals surface area contributed by atoms with E-state index >= 15 is 0 Å². The second-order valence-corrected chi connectivity index (χ2v) is 5.46. The van der Waals surface area contributed by atoms with Crippen LogP contribution in [0.2, 0.25) is 0 Å². The standard InChI is InChI=1S/C10H16BrNO3/c1-8(11)9(13)12-4-2-3-10(7-12)14-5-6-15-10/h8H,2-7H2,1H3. The highest BCUT2D eigenvalue weighted by atomic mass is 79.9.